The first kappa shape index (κ1) is 13.1. The average molecular weight is 278 g/mol. The fourth-order valence-electron chi connectivity index (χ4n) is 2.74. The van der Waals surface area contributed by atoms with Crippen molar-refractivity contribution in [2.75, 3.05) is 6.54 Å². The number of carbonyl (C=O) groups excluding carboxylic acids is 2. The van der Waals surface area contributed by atoms with Crippen LogP contribution in [0.4, 0.5) is 0 Å². The van der Waals surface area contributed by atoms with Crippen LogP contribution in [0.5, 0.6) is 0 Å². The highest BCUT2D eigenvalue weighted by Gasteiger charge is 2.51. The average Bonchev–Trinajstić information content (AvgIpc) is 3.18. The number of aromatic nitrogens is 2. The molecule has 0 bridgehead atoms. The second-order valence-electron chi connectivity index (χ2n) is 5.73. The number of amides is 2. The van der Waals surface area contributed by atoms with E-state index in [-0.39, 0.29) is 24.3 Å². The van der Waals surface area contributed by atoms with E-state index in [2.05, 4.69) is 15.5 Å². The van der Waals surface area contributed by atoms with Crippen LogP contribution in [-0.2, 0) is 16.1 Å². The standard InChI is InChI=1S/C13H18N4O3/c1-8-14-10(16-20-8)7-17-6-5-11(18)15-13(2,12(17)19)9-3-4-9/h9H,3-7H2,1-2H3,(H,15,18). The molecule has 1 saturated heterocycles. The van der Waals surface area contributed by atoms with Gasteiger partial charge in [-0.25, -0.2) is 0 Å². The molecule has 7 heteroatoms. The lowest BCUT2D eigenvalue weighted by Crippen LogP contribution is -2.56. The number of nitrogens with zero attached hydrogens (tertiary/aromatic N) is 3. The molecule has 1 N–H and O–H groups in total. The lowest BCUT2D eigenvalue weighted by Gasteiger charge is -2.31. The van der Waals surface area contributed by atoms with Gasteiger partial charge in [-0.15, -0.1) is 0 Å². The number of hydrogen-bond acceptors (Lipinski definition) is 5. The van der Waals surface area contributed by atoms with Crippen molar-refractivity contribution in [2.24, 2.45) is 5.92 Å². The van der Waals surface area contributed by atoms with E-state index in [9.17, 15) is 9.59 Å². The Kier molecular flexibility index (Phi) is 2.99. The summed E-state index contributed by atoms with van der Waals surface area (Å²) in [6.45, 7) is 4.21. The van der Waals surface area contributed by atoms with Crippen LogP contribution >= 0.6 is 0 Å². The largest absolute Gasteiger partial charge is 0.342 e. The van der Waals surface area contributed by atoms with Crippen LogP contribution in [0.25, 0.3) is 0 Å². The van der Waals surface area contributed by atoms with E-state index in [1.807, 2.05) is 6.92 Å². The molecule has 1 aliphatic heterocycles. The van der Waals surface area contributed by atoms with E-state index in [1.165, 1.54) is 0 Å². The summed E-state index contributed by atoms with van der Waals surface area (Å²) < 4.78 is 4.92. The normalized spacial score (nSPS) is 27.4. The molecule has 2 aliphatic rings. The Morgan fingerprint density at radius 3 is 2.80 bits per heavy atom. The van der Waals surface area contributed by atoms with Crippen LogP contribution in [0.15, 0.2) is 4.52 Å². The fourth-order valence-corrected chi connectivity index (χ4v) is 2.74. The van der Waals surface area contributed by atoms with Crippen LogP contribution in [0, 0.1) is 12.8 Å². The molecule has 1 aromatic heterocycles. The maximum Gasteiger partial charge on any atom is 0.248 e. The maximum atomic E-state index is 12.7. The van der Waals surface area contributed by atoms with Crippen molar-refractivity contribution in [1.82, 2.24) is 20.4 Å². The molecule has 2 amide bonds. The second kappa shape index (κ2) is 4.57. The summed E-state index contributed by atoms with van der Waals surface area (Å²) in [5.41, 5.74) is -0.785. The van der Waals surface area contributed by atoms with Gasteiger partial charge in [-0.1, -0.05) is 5.16 Å². The van der Waals surface area contributed by atoms with Gasteiger partial charge in [0.2, 0.25) is 17.7 Å². The zero-order valence-electron chi connectivity index (χ0n) is 11.7. The number of carbonyl (C=O) groups is 2. The van der Waals surface area contributed by atoms with Crippen LogP contribution < -0.4 is 5.32 Å². The van der Waals surface area contributed by atoms with Crippen LogP contribution in [0.1, 0.15) is 37.9 Å². The van der Waals surface area contributed by atoms with Gasteiger partial charge < -0.3 is 14.7 Å². The minimum absolute atomic E-state index is 0.0479. The van der Waals surface area contributed by atoms with Gasteiger partial charge in [0.1, 0.15) is 5.54 Å². The van der Waals surface area contributed by atoms with Crippen molar-refractivity contribution in [1.29, 1.82) is 0 Å². The Morgan fingerprint density at radius 2 is 2.20 bits per heavy atom. The molecule has 0 aromatic carbocycles. The summed E-state index contributed by atoms with van der Waals surface area (Å²) >= 11 is 0. The molecular weight excluding hydrogens is 260 g/mol. The summed E-state index contributed by atoms with van der Waals surface area (Å²) in [6.07, 6.45) is 2.28. The molecule has 0 spiro atoms. The molecule has 2 fully saturated rings. The number of nitrogens with one attached hydrogen (secondary N) is 1. The Morgan fingerprint density at radius 1 is 1.45 bits per heavy atom. The molecule has 2 heterocycles. The number of aryl methyl sites for hydroxylation is 1. The van der Waals surface area contributed by atoms with Crippen molar-refractivity contribution >= 4 is 11.8 Å². The predicted octanol–water partition coefficient (Wildman–Crippen LogP) is 0.395. The first-order valence-electron chi connectivity index (χ1n) is 6.88. The fraction of sp³-hybridized carbons (Fsp3) is 0.692. The minimum atomic E-state index is -0.785. The molecule has 7 nitrogen and oxygen atoms in total. The topological polar surface area (TPSA) is 88.3 Å². The van der Waals surface area contributed by atoms with Crippen LogP contribution in [0.2, 0.25) is 0 Å². The summed E-state index contributed by atoms with van der Waals surface area (Å²) in [5, 5.41) is 6.71. The van der Waals surface area contributed by atoms with Gasteiger partial charge in [-0.2, -0.15) is 4.98 Å². The minimum Gasteiger partial charge on any atom is -0.342 e. The van der Waals surface area contributed by atoms with E-state index in [0.29, 0.717) is 24.7 Å². The van der Waals surface area contributed by atoms with Gasteiger partial charge in [0.05, 0.1) is 6.54 Å². The Balaban J connectivity index is 1.82. The molecule has 20 heavy (non-hydrogen) atoms. The molecule has 0 radical (unpaired) electrons. The third-order valence-electron chi connectivity index (χ3n) is 4.04. The zero-order valence-corrected chi connectivity index (χ0v) is 11.7. The molecule has 1 saturated carbocycles. The monoisotopic (exact) mass is 278 g/mol. The first-order valence-corrected chi connectivity index (χ1v) is 6.88. The Hall–Kier alpha value is -1.92. The maximum absolute atomic E-state index is 12.7. The Labute approximate surface area is 116 Å². The first-order chi connectivity index (χ1) is 9.49. The van der Waals surface area contributed by atoms with E-state index >= 15 is 0 Å². The van der Waals surface area contributed by atoms with Crippen molar-refractivity contribution in [2.45, 2.75) is 45.2 Å². The van der Waals surface area contributed by atoms with Crippen molar-refractivity contribution in [3.05, 3.63) is 11.7 Å². The second-order valence-corrected chi connectivity index (χ2v) is 5.73. The quantitative estimate of drug-likeness (QED) is 0.864. The molecule has 1 aliphatic carbocycles. The summed E-state index contributed by atoms with van der Waals surface area (Å²) in [4.78, 5) is 30.3. The third kappa shape index (κ3) is 2.28. The zero-order chi connectivity index (χ0) is 14.3. The highest BCUT2D eigenvalue weighted by Crippen LogP contribution is 2.41. The van der Waals surface area contributed by atoms with Crippen molar-refractivity contribution < 1.29 is 14.1 Å². The third-order valence-corrected chi connectivity index (χ3v) is 4.04. The van der Waals surface area contributed by atoms with Gasteiger partial charge in [0.15, 0.2) is 5.82 Å². The smallest absolute Gasteiger partial charge is 0.248 e. The summed E-state index contributed by atoms with van der Waals surface area (Å²) in [7, 11) is 0. The van der Waals surface area contributed by atoms with Gasteiger partial charge in [0, 0.05) is 19.9 Å². The van der Waals surface area contributed by atoms with E-state index in [1.54, 1.807) is 11.8 Å². The van der Waals surface area contributed by atoms with Crippen LogP contribution in [-0.4, -0.2) is 38.9 Å². The molecule has 108 valence electrons. The SMILES string of the molecule is Cc1nc(CN2CCC(=O)NC(C)(C3CC3)C2=O)no1. The summed E-state index contributed by atoms with van der Waals surface area (Å²) in [5.74, 6) is 1.07. The van der Waals surface area contributed by atoms with Crippen molar-refractivity contribution in [3.63, 3.8) is 0 Å². The molecule has 1 aromatic rings. The lowest BCUT2D eigenvalue weighted by atomic mass is 9.94. The highest BCUT2D eigenvalue weighted by molar-refractivity contribution is 5.93. The van der Waals surface area contributed by atoms with Gasteiger partial charge >= 0.3 is 0 Å². The molecular formula is C13H18N4O3. The van der Waals surface area contributed by atoms with Gasteiger partial charge in [-0.3, -0.25) is 9.59 Å². The molecule has 3 rings (SSSR count). The Bertz CT molecular complexity index is 552. The van der Waals surface area contributed by atoms with Crippen molar-refractivity contribution in [3.8, 4) is 0 Å². The van der Waals surface area contributed by atoms with E-state index in [4.69, 9.17) is 4.52 Å². The number of rotatable bonds is 3. The van der Waals surface area contributed by atoms with Gasteiger partial charge in [0.25, 0.3) is 0 Å². The molecule has 1 unspecified atom stereocenters. The van der Waals surface area contributed by atoms with Crippen LogP contribution in [0.3, 0.4) is 0 Å². The summed E-state index contributed by atoms with van der Waals surface area (Å²) in [6, 6.07) is 0. The molecule has 1 atom stereocenters. The number of hydrogen-bond donors (Lipinski definition) is 1. The van der Waals surface area contributed by atoms with E-state index in [0.717, 1.165) is 12.8 Å². The predicted molar refractivity (Wildman–Crippen MR) is 68.3 cm³/mol. The van der Waals surface area contributed by atoms with E-state index < -0.39 is 5.54 Å². The highest BCUT2D eigenvalue weighted by atomic mass is 16.5. The lowest BCUT2D eigenvalue weighted by molar-refractivity contribution is -0.139. The van der Waals surface area contributed by atoms with Gasteiger partial charge in [-0.05, 0) is 25.7 Å².